The molecule has 0 aromatic rings. The molecule has 1 aliphatic rings. The van der Waals surface area contributed by atoms with Crippen molar-refractivity contribution in [3.05, 3.63) is 12.4 Å². The molecule has 0 saturated heterocycles. The molecule has 0 aromatic heterocycles. The van der Waals surface area contributed by atoms with Crippen LogP contribution in [-0.4, -0.2) is 30.1 Å². The lowest BCUT2D eigenvalue weighted by Crippen LogP contribution is -2.23. The van der Waals surface area contributed by atoms with E-state index in [9.17, 15) is 0 Å². The summed E-state index contributed by atoms with van der Waals surface area (Å²) in [5.41, 5.74) is 0. The fourth-order valence-corrected chi connectivity index (χ4v) is 2.18. The van der Waals surface area contributed by atoms with E-state index in [2.05, 4.69) is 36.2 Å². The summed E-state index contributed by atoms with van der Waals surface area (Å²) in [7, 11) is 2.13. The number of hydrogen-bond acceptors (Lipinski definition) is 2. The van der Waals surface area contributed by atoms with Gasteiger partial charge in [-0.25, -0.2) is 0 Å². The van der Waals surface area contributed by atoms with Crippen molar-refractivity contribution in [3.63, 3.8) is 0 Å². The third-order valence-electron chi connectivity index (χ3n) is 3.24. The van der Waals surface area contributed by atoms with Crippen LogP contribution in [-0.2, 0) is 0 Å². The molecule has 0 unspecified atom stereocenters. The number of rotatable bonds is 9. The summed E-state index contributed by atoms with van der Waals surface area (Å²) < 4.78 is 0. The highest BCUT2D eigenvalue weighted by atomic mass is 127. The Kier molecular flexibility index (Phi) is 11.2. The molecule has 0 saturated carbocycles. The van der Waals surface area contributed by atoms with Gasteiger partial charge in [-0.3, -0.25) is 0 Å². The lowest BCUT2D eigenvalue weighted by atomic mass is 10.1. The van der Waals surface area contributed by atoms with Crippen molar-refractivity contribution in [2.24, 2.45) is 0 Å². The molecule has 17 heavy (non-hydrogen) atoms. The van der Waals surface area contributed by atoms with Crippen molar-refractivity contribution in [3.8, 4) is 0 Å². The first-order chi connectivity index (χ1) is 7.83. The summed E-state index contributed by atoms with van der Waals surface area (Å²) in [5, 5.41) is 0. The fraction of sp³-hybridized carbons (Fsp3) is 0.857. The van der Waals surface area contributed by atoms with Crippen LogP contribution in [0.15, 0.2) is 12.4 Å². The van der Waals surface area contributed by atoms with Gasteiger partial charge in [0.25, 0.3) is 0 Å². The number of unbranched alkanes of at least 4 members (excludes halogenated alkanes) is 7. The van der Waals surface area contributed by atoms with E-state index in [4.69, 9.17) is 0 Å². The molecule has 2 nitrogen and oxygen atoms in total. The van der Waals surface area contributed by atoms with Crippen LogP contribution in [0.1, 0.15) is 58.3 Å². The molecule has 1 rings (SSSR count). The van der Waals surface area contributed by atoms with Crippen molar-refractivity contribution < 1.29 is 0 Å². The van der Waals surface area contributed by atoms with Crippen LogP contribution in [0.4, 0.5) is 0 Å². The van der Waals surface area contributed by atoms with Crippen molar-refractivity contribution in [1.82, 2.24) is 9.80 Å². The van der Waals surface area contributed by atoms with E-state index in [-0.39, 0.29) is 24.0 Å². The van der Waals surface area contributed by atoms with Crippen LogP contribution in [0.2, 0.25) is 0 Å². The van der Waals surface area contributed by atoms with Gasteiger partial charge < -0.3 is 9.80 Å². The minimum Gasteiger partial charge on any atom is -0.362 e. The highest BCUT2D eigenvalue weighted by Gasteiger charge is 2.06. The fourth-order valence-electron chi connectivity index (χ4n) is 2.18. The number of hydrogen-bond donors (Lipinski definition) is 0. The predicted octanol–water partition coefficient (Wildman–Crippen LogP) is 4.42. The second kappa shape index (κ2) is 11.2. The zero-order chi connectivity index (χ0) is 11.6. The van der Waals surface area contributed by atoms with E-state index in [1.165, 1.54) is 57.9 Å². The van der Waals surface area contributed by atoms with E-state index in [1.807, 2.05) is 0 Å². The Bertz CT molecular complexity index is 195. The average Bonchev–Trinajstić information content (AvgIpc) is 2.68. The van der Waals surface area contributed by atoms with Crippen LogP contribution >= 0.6 is 24.0 Å². The first kappa shape index (κ1) is 17.1. The smallest absolute Gasteiger partial charge is 0.0890 e. The van der Waals surface area contributed by atoms with Crippen LogP contribution in [0, 0.1) is 0 Å². The maximum atomic E-state index is 2.40. The largest absolute Gasteiger partial charge is 0.362 e. The van der Waals surface area contributed by atoms with Gasteiger partial charge in [0.1, 0.15) is 0 Å². The number of halogens is 1. The SMILES string of the molecule is CCCCCCCCCCN1C=CN(C)C1.I. The van der Waals surface area contributed by atoms with E-state index >= 15 is 0 Å². The van der Waals surface area contributed by atoms with Crippen molar-refractivity contribution in [1.29, 1.82) is 0 Å². The van der Waals surface area contributed by atoms with Crippen molar-refractivity contribution >= 4 is 24.0 Å². The topological polar surface area (TPSA) is 6.48 Å². The van der Waals surface area contributed by atoms with E-state index in [0.717, 1.165) is 6.67 Å². The van der Waals surface area contributed by atoms with Crippen LogP contribution in [0.3, 0.4) is 0 Å². The molecule has 0 fully saturated rings. The van der Waals surface area contributed by atoms with E-state index < -0.39 is 0 Å². The van der Waals surface area contributed by atoms with Gasteiger partial charge in [0.05, 0.1) is 6.67 Å². The molecule has 1 heterocycles. The van der Waals surface area contributed by atoms with E-state index in [0.29, 0.717) is 0 Å². The van der Waals surface area contributed by atoms with Gasteiger partial charge in [0.15, 0.2) is 0 Å². The zero-order valence-corrected chi connectivity index (χ0v) is 13.9. The molecule has 0 amide bonds. The molecule has 0 N–H and O–H groups in total. The Morgan fingerprint density at radius 2 is 1.47 bits per heavy atom. The van der Waals surface area contributed by atoms with Gasteiger partial charge >= 0.3 is 0 Å². The minimum absolute atomic E-state index is 0. The quantitative estimate of drug-likeness (QED) is 0.448. The molecular formula is C14H29IN2. The van der Waals surface area contributed by atoms with E-state index in [1.54, 1.807) is 0 Å². The molecule has 1 aliphatic heterocycles. The Labute approximate surface area is 124 Å². The standard InChI is InChI=1S/C14H28N2.HI/c1-3-4-5-6-7-8-9-10-11-16-13-12-15(2)14-16;/h12-13H,3-11,14H2,1-2H3;1H. The highest BCUT2D eigenvalue weighted by Crippen LogP contribution is 2.10. The summed E-state index contributed by atoms with van der Waals surface area (Å²) >= 11 is 0. The van der Waals surface area contributed by atoms with Gasteiger partial charge in [-0.15, -0.1) is 24.0 Å². The van der Waals surface area contributed by atoms with Crippen LogP contribution < -0.4 is 0 Å². The second-order valence-corrected chi connectivity index (χ2v) is 4.98. The zero-order valence-electron chi connectivity index (χ0n) is 11.5. The van der Waals surface area contributed by atoms with Crippen LogP contribution in [0.5, 0.6) is 0 Å². The molecule has 0 aliphatic carbocycles. The maximum absolute atomic E-state index is 2.40. The average molecular weight is 352 g/mol. The van der Waals surface area contributed by atoms with Crippen molar-refractivity contribution in [2.45, 2.75) is 58.3 Å². The molecular weight excluding hydrogens is 323 g/mol. The Morgan fingerprint density at radius 3 is 2.00 bits per heavy atom. The molecule has 0 radical (unpaired) electrons. The lowest BCUT2D eigenvalue weighted by molar-refractivity contribution is 0.290. The van der Waals surface area contributed by atoms with Crippen LogP contribution in [0.25, 0.3) is 0 Å². The maximum Gasteiger partial charge on any atom is 0.0890 e. The normalized spacial score (nSPS) is 14.2. The monoisotopic (exact) mass is 352 g/mol. The molecule has 0 bridgehead atoms. The summed E-state index contributed by atoms with van der Waals surface area (Å²) in [6.45, 7) is 4.59. The molecule has 0 spiro atoms. The lowest BCUT2D eigenvalue weighted by Gasteiger charge is -2.17. The summed E-state index contributed by atoms with van der Waals surface area (Å²) in [6.07, 6.45) is 15.7. The first-order valence-corrected chi connectivity index (χ1v) is 6.95. The van der Waals surface area contributed by atoms with Gasteiger partial charge in [0, 0.05) is 26.0 Å². The first-order valence-electron chi connectivity index (χ1n) is 6.95. The molecule has 102 valence electrons. The summed E-state index contributed by atoms with van der Waals surface area (Å²) in [6, 6.07) is 0. The number of nitrogens with zero attached hydrogens (tertiary/aromatic N) is 2. The van der Waals surface area contributed by atoms with Gasteiger partial charge in [-0.05, 0) is 6.42 Å². The van der Waals surface area contributed by atoms with Gasteiger partial charge in [0.2, 0.25) is 0 Å². The molecule has 0 aromatic carbocycles. The molecule has 0 atom stereocenters. The van der Waals surface area contributed by atoms with Gasteiger partial charge in [-0.2, -0.15) is 0 Å². The Morgan fingerprint density at radius 1 is 0.882 bits per heavy atom. The molecule has 3 heteroatoms. The third-order valence-corrected chi connectivity index (χ3v) is 3.24. The summed E-state index contributed by atoms with van der Waals surface area (Å²) in [4.78, 5) is 4.63. The van der Waals surface area contributed by atoms with Gasteiger partial charge in [-0.1, -0.05) is 51.9 Å². The summed E-state index contributed by atoms with van der Waals surface area (Å²) in [5.74, 6) is 0. The Balaban J connectivity index is 0.00000256. The van der Waals surface area contributed by atoms with Crippen molar-refractivity contribution in [2.75, 3.05) is 20.3 Å². The Hall–Kier alpha value is 0.0700. The predicted molar refractivity (Wildman–Crippen MR) is 86.5 cm³/mol. The third kappa shape index (κ3) is 8.75. The highest BCUT2D eigenvalue weighted by molar-refractivity contribution is 14.0. The second-order valence-electron chi connectivity index (χ2n) is 4.98. The minimum atomic E-state index is 0.